The Hall–Kier alpha value is -2.17. The Morgan fingerprint density at radius 3 is 2.30 bits per heavy atom. The highest BCUT2D eigenvalue weighted by atomic mass is 19.4. The standard InChI is InChI=1S/C15H10F4O/c1-9-2-4-12(16)7-14(9)13-5-3-11(15(17,18)19)6-10(13)8-20/h2-8H,1H3. The molecule has 0 fully saturated rings. The quantitative estimate of drug-likeness (QED) is 0.579. The minimum absolute atomic E-state index is 0.117. The zero-order chi connectivity index (χ0) is 14.9. The van der Waals surface area contributed by atoms with Crippen LogP contribution in [0.5, 0.6) is 0 Å². The molecule has 0 aliphatic carbocycles. The summed E-state index contributed by atoms with van der Waals surface area (Å²) in [5.74, 6) is -0.512. The summed E-state index contributed by atoms with van der Waals surface area (Å²) in [6.07, 6.45) is -4.18. The van der Waals surface area contributed by atoms with E-state index in [-0.39, 0.29) is 11.1 Å². The molecule has 5 heteroatoms. The molecule has 0 radical (unpaired) electrons. The summed E-state index contributed by atoms with van der Waals surface area (Å²) in [6, 6.07) is 6.80. The van der Waals surface area contributed by atoms with Crippen molar-refractivity contribution < 1.29 is 22.4 Å². The molecular formula is C15H10F4O. The molecule has 0 atom stereocenters. The van der Waals surface area contributed by atoms with Crippen LogP contribution in [0.15, 0.2) is 36.4 Å². The summed E-state index contributed by atoms with van der Waals surface area (Å²) in [4.78, 5) is 11.0. The van der Waals surface area contributed by atoms with E-state index in [2.05, 4.69) is 0 Å². The first kappa shape index (κ1) is 14.2. The van der Waals surface area contributed by atoms with Gasteiger partial charge in [0, 0.05) is 5.56 Å². The van der Waals surface area contributed by atoms with Gasteiger partial charge in [0.15, 0.2) is 6.29 Å². The van der Waals surface area contributed by atoms with Gasteiger partial charge in [-0.3, -0.25) is 4.79 Å². The van der Waals surface area contributed by atoms with E-state index < -0.39 is 17.6 Å². The summed E-state index contributed by atoms with van der Waals surface area (Å²) in [6.45, 7) is 1.70. The van der Waals surface area contributed by atoms with Crippen LogP contribution in [0.1, 0.15) is 21.5 Å². The molecule has 0 unspecified atom stereocenters. The second-order valence-electron chi connectivity index (χ2n) is 4.38. The molecule has 0 N–H and O–H groups in total. The van der Waals surface area contributed by atoms with Crippen LogP contribution < -0.4 is 0 Å². The largest absolute Gasteiger partial charge is 0.416 e. The molecule has 1 nitrogen and oxygen atoms in total. The Morgan fingerprint density at radius 1 is 1.00 bits per heavy atom. The second-order valence-corrected chi connectivity index (χ2v) is 4.38. The molecule has 0 amide bonds. The molecule has 2 aromatic rings. The van der Waals surface area contributed by atoms with Gasteiger partial charge in [0.2, 0.25) is 0 Å². The lowest BCUT2D eigenvalue weighted by Crippen LogP contribution is -2.06. The maximum Gasteiger partial charge on any atom is 0.416 e. The maximum absolute atomic E-state index is 13.3. The molecule has 0 aliphatic heterocycles. The molecule has 0 bridgehead atoms. The van der Waals surface area contributed by atoms with Gasteiger partial charge in [0.1, 0.15) is 5.82 Å². The Morgan fingerprint density at radius 2 is 1.70 bits per heavy atom. The molecule has 0 spiro atoms. The molecule has 20 heavy (non-hydrogen) atoms. The van der Waals surface area contributed by atoms with E-state index in [0.29, 0.717) is 17.4 Å². The first-order valence-electron chi connectivity index (χ1n) is 5.76. The van der Waals surface area contributed by atoms with Crippen molar-refractivity contribution in [2.24, 2.45) is 0 Å². The lowest BCUT2D eigenvalue weighted by atomic mass is 9.95. The molecule has 0 saturated carbocycles. The fraction of sp³-hybridized carbons (Fsp3) is 0.133. The fourth-order valence-electron chi connectivity index (χ4n) is 1.97. The molecule has 2 rings (SSSR count). The van der Waals surface area contributed by atoms with E-state index in [0.717, 1.165) is 12.1 Å². The molecule has 0 heterocycles. The predicted octanol–water partition coefficient (Wildman–Crippen LogP) is 4.63. The molecular weight excluding hydrogens is 272 g/mol. The van der Waals surface area contributed by atoms with Gasteiger partial charge < -0.3 is 0 Å². The van der Waals surface area contributed by atoms with Gasteiger partial charge in [-0.1, -0.05) is 12.1 Å². The third kappa shape index (κ3) is 2.71. The van der Waals surface area contributed by atoms with Gasteiger partial charge in [-0.15, -0.1) is 0 Å². The Bertz CT molecular complexity index is 659. The third-order valence-corrected chi connectivity index (χ3v) is 3.00. The van der Waals surface area contributed by atoms with Crippen LogP contribution in [0.25, 0.3) is 11.1 Å². The molecule has 0 saturated heterocycles. The zero-order valence-electron chi connectivity index (χ0n) is 10.5. The SMILES string of the molecule is Cc1ccc(F)cc1-c1ccc(C(F)(F)F)cc1C=O. The van der Waals surface area contributed by atoms with Crippen molar-refractivity contribution >= 4 is 6.29 Å². The molecule has 104 valence electrons. The zero-order valence-corrected chi connectivity index (χ0v) is 10.5. The van der Waals surface area contributed by atoms with Crippen LogP contribution in [-0.4, -0.2) is 6.29 Å². The van der Waals surface area contributed by atoms with Crippen LogP contribution in [0.2, 0.25) is 0 Å². The number of hydrogen-bond donors (Lipinski definition) is 0. The van der Waals surface area contributed by atoms with Crippen molar-refractivity contribution in [1.82, 2.24) is 0 Å². The lowest BCUT2D eigenvalue weighted by molar-refractivity contribution is -0.137. The summed E-state index contributed by atoms with van der Waals surface area (Å²) in [5.41, 5.74) is 0.339. The summed E-state index contributed by atoms with van der Waals surface area (Å²) in [5, 5.41) is 0. The van der Waals surface area contributed by atoms with Crippen LogP contribution in [0.4, 0.5) is 17.6 Å². The topological polar surface area (TPSA) is 17.1 Å². The Kier molecular flexibility index (Phi) is 3.61. The number of alkyl halides is 3. The van der Waals surface area contributed by atoms with E-state index >= 15 is 0 Å². The van der Waals surface area contributed by atoms with Gasteiger partial charge >= 0.3 is 6.18 Å². The third-order valence-electron chi connectivity index (χ3n) is 3.00. The highest BCUT2D eigenvalue weighted by molar-refractivity contribution is 5.88. The Labute approximate surface area is 112 Å². The van der Waals surface area contributed by atoms with Crippen molar-refractivity contribution in [3.8, 4) is 11.1 Å². The van der Waals surface area contributed by atoms with E-state index in [1.54, 1.807) is 6.92 Å². The number of rotatable bonds is 2. The van der Waals surface area contributed by atoms with Gasteiger partial charge in [0.25, 0.3) is 0 Å². The number of aryl methyl sites for hydroxylation is 1. The van der Waals surface area contributed by atoms with Crippen LogP contribution in [-0.2, 0) is 6.18 Å². The van der Waals surface area contributed by atoms with Crippen LogP contribution in [0.3, 0.4) is 0 Å². The monoisotopic (exact) mass is 282 g/mol. The number of carbonyl (C=O) groups is 1. The average molecular weight is 282 g/mol. The van der Waals surface area contributed by atoms with Crippen LogP contribution >= 0.6 is 0 Å². The highest BCUT2D eigenvalue weighted by Crippen LogP contribution is 2.34. The first-order chi connectivity index (χ1) is 9.32. The number of hydrogen-bond acceptors (Lipinski definition) is 1. The number of aldehydes is 1. The van der Waals surface area contributed by atoms with E-state index in [9.17, 15) is 22.4 Å². The van der Waals surface area contributed by atoms with Crippen molar-refractivity contribution in [3.63, 3.8) is 0 Å². The van der Waals surface area contributed by atoms with E-state index in [1.807, 2.05) is 0 Å². The molecule has 2 aromatic carbocycles. The maximum atomic E-state index is 13.3. The van der Waals surface area contributed by atoms with Crippen molar-refractivity contribution in [2.75, 3.05) is 0 Å². The van der Waals surface area contributed by atoms with Gasteiger partial charge in [-0.2, -0.15) is 13.2 Å². The lowest BCUT2D eigenvalue weighted by Gasteiger charge is -2.12. The average Bonchev–Trinajstić information content (AvgIpc) is 2.40. The van der Waals surface area contributed by atoms with Crippen molar-refractivity contribution in [2.45, 2.75) is 13.1 Å². The normalized spacial score (nSPS) is 11.4. The summed E-state index contributed by atoms with van der Waals surface area (Å²) >= 11 is 0. The number of halogens is 4. The van der Waals surface area contributed by atoms with Crippen molar-refractivity contribution in [1.29, 1.82) is 0 Å². The van der Waals surface area contributed by atoms with Crippen LogP contribution in [0, 0.1) is 12.7 Å². The van der Waals surface area contributed by atoms with Crippen molar-refractivity contribution in [3.05, 3.63) is 58.9 Å². The smallest absolute Gasteiger partial charge is 0.298 e. The minimum Gasteiger partial charge on any atom is -0.298 e. The summed E-state index contributed by atoms with van der Waals surface area (Å²) < 4.78 is 51.1. The first-order valence-corrected chi connectivity index (χ1v) is 5.76. The Balaban J connectivity index is 2.63. The van der Waals surface area contributed by atoms with E-state index in [4.69, 9.17) is 0 Å². The fourth-order valence-corrected chi connectivity index (χ4v) is 1.97. The molecule has 0 aliphatic rings. The molecule has 0 aromatic heterocycles. The van der Waals surface area contributed by atoms with Gasteiger partial charge in [0.05, 0.1) is 5.56 Å². The number of carbonyl (C=O) groups excluding carboxylic acids is 1. The summed E-state index contributed by atoms with van der Waals surface area (Å²) in [7, 11) is 0. The number of benzene rings is 2. The van der Waals surface area contributed by atoms with Gasteiger partial charge in [-0.05, 0) is 47.9 Å². The second kappa shape index (κ2) is 5.07. The predicted molar refractivity (Wildman–Crippen MR) is 67.0 cm³/mol. The van der Waals surface area contributed by atoms with E-state index in [1.165, 1.54) is 24.3 Å². The highest BCUT2D eigenvalue weighted by Gasteiger charge is 2.31. The minimum atomic E-state index is -4.52. The van der Waals surface area contributed by atoms with Gasteiger partial charge in [-0.25, -0.2) is 4.39 Å².